The molecule has 0 radical (unpaired) electrons. The highest BCUT2D eigenvalue weighted by Crippen LogP contribution is 2.40. The van der Waals surface area contributed by atoms with Crippen LogP contribution >= 0.6 is 0 Å². The zero-order valence-corrected chi connectivity index (χ0v) is 10.7. The lowest BCUT2D eigenvalue weighted by Crippen LogP contribution is -2.36. The molecule has 2 saturated carbocycles. The third kappa shape index (κ3) is 1.82. The summed E-state index contributed by atoms with van der Waals surface area (Å²) in [5.74, 6) is 1.04. The Bertz CT molecular complexity index is 555. The van der Waals surface area contributed by atoms with Gasteiger partial charge >= 0.3 is 6.03 Å². The van der Waals surface area contributed by atoms with Crippen LogP contribution in [0.25, 0.3) is 0 Å². The topological polar surface area (TPSA) is 76.5 Å². The van der Waals surface area contributed by atoms with E-state index in [1.807, 2.05) is 17.4 Å². The summed E-state index contributed by atoms with van der Waals surface area (Å²) in [7, 11) is 0. The molecule has 19 heavy (non-hydrogen) atoms. The Balaban J connectivity index is 1.67. The summed E-state index contributed by atoms with van der Waals surface area (Å²) in [6.07, 6.45) is 8.45. The smallest absolute Gasteiger partial charge is 0.346 e. The van der Waals surface area contributed by atoms with Crippen LogP contribution in [0.3, 0.4) is 0 Å². The molecule has 1 unspecified atom stereocenters. The van der Waals surface area contributed by atoms with Gasteiger partial charge in [-0.2, -0.15) is 4.99 Å². The maximum absolute atomic E-state index is 12.0. The standard InChI is InChI=1S/C13H17N5O/c14-12-11(10-5-15-7-18(10)9-3-4-9)17(13(19)16-12)6-8-1-2-8/h5,7-9,11H,1-4,6H2,(H2,14,16,19). The lowest BCUT2D eigenvalue weighted by molar-refractivity contribution is 0.202. The quantitative estimate of drug-likeness (QED) is 0.889. The highest BCUT2D eigenvalue weighted by molar-refractivity contribution is 6.03. The summed E-state index contributed by atoms with van der Waals surface area (Å²) in [4.78, 5) is 22.0. The van der Waals surface area contributed by atoms with E-state index in [9.17, 15) is 4.79 Å². The minimum absolute atomic E-state index is 0.196. The van der Waals surface area contributed by atoms with Crippen molar-refractivity contribution in [3.8, 4) is 0 Å². The predicted molar refractivity (Wildman–Crippen MR) is 69.7 cm³/mol. The van der Waals surface area contributed by atoms with Crippen molar-refractivity contribution in [3.05, 3.63) is 18.2 Å². The number of hydrogen-bond acceptors (Lipinski definition) is 3. The molecule has 1 aromatic rings. The van der Waals surface area contributed by atoms with E-state index in [1.165, 1.54) is 25.7 Å². The molecule has 1 atom stereocenters. The van der Waals surface area contributed by atoms with E-state index in [-0.39, 0.29) is 12.1 Å². The first-order chi connectivity index (χ1) is 9.24. The molecule has 2 amide bonds. The number of hydrogen-bond donors (Lipinski definition) is 1. The first kappa shape index (κ1) is 11.0. The maximum Gasteiger partial charge on any atom is 0.346 e. The van der Waals surface area contributed by atoms with Crippen LogP contribution in [0, 0.1) is 5.92 Å². The van der Waals surface area contributed by atoms with Gasteiger partial charge in [-0.15, -0.1) is 0 Å². The molecule has 0 spiro atoms. The number of aliphatic imine (C=N–C) groups is 1. The van der Waals surface area contributed by atoms with Crippen LogP contribution < -0.4 is 5.73 Å². The van der Waals surface area contributed by atoms with Crippen LogP contribution in [0.15, 0.2) is 17.5 Å². The molecule has 2 aliphatic carbocycles. The van der Waals surface area contributed by atoms with Gasteiger partial charge < -0.3 is 15.2 Å². The Hall–Kier alpha value is -1.85. The number of nitrogens with zero attached hydrogens (tertiary/aromatic N) is 4. The molecule has 6 heteroatoms. The maximum atomic E-state index is 12.0. The van der Waals surface area contributed by atoms with Crippen LogP contribution in [-0.2, 0) is 0 Å². The van der Waals surface area contributed by atoms with Crippen molar-refractivity contribution in [2.24, 2.45) is 16.6 Å². The zero-order valence-electron chi connectivity index (χ0n) is 10.7. The Morgan fingerprint density at radius 1 is 1.32 bits per heavy atom. The summed E-state index contributed by atoms with van der Waals surface area (Å²) in [5.41, 5.74) is 6.99. The normalized spacial score (nSPS) is 26.9. The number of amides is 2. The summed E-state index contributed by atoms with van der Waals surface area (Å²) >= 11 is 0. The summed E-state index contributed by atoms with van der Waals surface area (Å²) in [5, 5.41) is 0. The molecule has 4 rings (SSSR count). The SMILES string of the molecule is NC1=NC(=O)N(CC2CC2)C1c1cncn1C1CC1. The molecule has 0 aromatic carbocycles. The molecule has 0 saturated heterocycles. The highest BCUT2D eigenvalue weighted by atomic mass is 16.2. The third-order valence-corrected chi connectivity index (χ3v) is 4.13. The van der Waals surface area contributed by atoms with Gasteiger partial charge in [-0.1, -0.05) is 0 Å². The Labute approximate surface area is 111 Å². The van der Waals surface area contributed by atoms with Crippen molar-refractivity contribution in [2.75, 3.05) is 6.54 Å². The van der Waals surface area contributed by atoms with Gasteiger partial charge in [0.2, 0.25) is 0 Å². The van der Waals surface area contributed by atoms with Gasteiger partial charge in [0, 0.05) is 12.6 Å². The molecule has 2 N–H and O–H groups in total. The van der Waals surface area contributed by atoms with Gasteiger partial charge in [-0.05, 0) is 31.6 Å². The van der Waals surface area contributed by atoms with Crippen molar-refractivity contribution >= 4 is 11.9 Å². The summed E-state index contributed by atoms with van der Waals surface area (Å²) < 4.78 is 2.16. The van der Waals surface area contributed by atoms with Gasteiger partial charge in [-0.25, -0.2) is 9.78 Å². The van der Waals surface area contributed by atoms with Crippen LogP contribution in [0.4, 0.5) is 4.79 Å². The monoisotopic (exact) mass is 259 g/mol. The number of imidazole rings is 1. The van der Waals surface area contributed by atoms with Crippen molar-refractivity contribution < 1.29 is 4.79 Å². The van der Waals surface area contributed by atoms with Crippen LogP contribution in [-0.4, -0.2) is 32.9 Å². The lowest BCUT2D eigenvalue weighted by Gasteiger charge is -2.25. The molecule has 2 heterocycles. The second-order valence-electron chi connectivity index (χ2n) is 5.77. The molecule has 1 aliphatic heterocycles. The molecule has 2 fully saturated rings. The van der Waals surface area contributed by atoms with Crippen LogP contribution in [0.2, 0.25) is 0 Å². The highest BCUT2D eigenvalue weighted by Gasteiger charge is 2.41. The largest absolute Gasteiger partial charge is 0.385 e. The van der Waals surface area contributed by atoms with Crippen LogP contribution in [0.5, 0.6) is 0 Å². The molecule has 6 nitrogen and oxygen atoms in total. The molecule has 1 aromatic heterocycles. The minimum atomic E-state index is -0.212. The van der Waals surface area contributed by atoms with E-state index < -0.39 is 0 Å². The number of amidine groups is 1. The summed E-state index contributed by atoms with van der Waals surface area (Å²) in [6, 6.07) is 0.123. The first-order valence-corrected chi connectivity index (χ1v) is 6.90. The van der Waals surface area contributed by atoms with Gasteiger partial charge in [0.1, 0.15) is 11.9 Å². The molecular weight excluding hydrogens is 242 g/mol. The minimum Gasteiger partial charge on any atom is -0.385 e. The predicted octanol–water partition coefficient (Wildman–Crippen LogP) is 1.46. The van der Waals surface area contributed by atoms with Crippen molar-refractivity contribution in [3.63, 3.8) is 0 Å². The molecule has 100 valence electrons. The first-order valence-electron chi connectivity index (χ1n) is 6.90. The Kier molecular flexibility index (Phi) is 2.22. The number of nitrogens with two attached hydrogens (primary N) is 1. The van der Waals surface area contributed by atoms with E-state index in [0.717, 1.165) is 12.2 Å². The number of aromatic nitrogens is 2. The molecule has 3 aliphatic rings. The Morgan fingerprint density at radius 2 is 2.11 bits per heavy atom. The van der Waals surface area contributed by atoms with E-state index in [2.05, 4.69) is 14.5 Å². The number of urea groups is 1. The molecule has 0 bridgehead atoms. The van der Waals surface area contributed by atoms with Gasteiger partial charge in [0.05, 0.1) is 18.2 Å². The molecular formula is C13H17N5O. The van der Waals surface area contributed by atoms with E-state index in [1.54, 1.807) is 0 Å². The second kappa shape index (κ2) is 3.82. The fourth-order valence-electron chi connectivity index (χ4n) is 2.76. The zero-order chi connectivity index (χ0) is 13.0. The van der Waals surface area contributed by atoms with Gasteiger partial charge in [0.15, 0.2) is 0 Å². The van der Waals surface area contributed by atoms with Gasteiger partial charge in [-0.3, -0.25) is 0 Å². The van der Waals surface area contributed by atoms with Crippen molar-refractivity contribution in [2.45, 2.75) is 37.8 Å². The summed E-state index contributed by atoms with van der Waals surface area (Å²) in [6.45, 7) is 0.767. The van der Waals surface area contributed by atoms with E-state index in [0.29, 0.717) is 17.8 Å². The fourth-order valence-corrected chi connectivity index (χ4v) is 2.76. The van der Waals surface area contributed by atoms with E-state index >= 15 is 0 Å². The Morgan fingerprint density at radius 3 is 2.79 bits per heavy atom. The second-order valence-corrected chi connectivity index (χ2v) is 5.77. The van der Waals surface area contributed by atoms with Gasteiger partial charge in [0.25, 0.3) is 0 Å². The van der Waals surface area contributed by atoms with Crippen molar-refractivity contribution in [1.82, 2.24) is 14.5 Å². The lowest BCUT2D eigenvalue weighted by atomic mass is 10.1. The number of carbonyl (C=O) groups excluding carboxylic acids is 1. The average molecular weight is 259 g/mol. The van der Waals surface area contributed by atoms with Crippen molar-refractivity contribution in [1.29, 1.82) is 0 Å². The number of carbonyl (C=O) groups is 1. The average Bonchev–Trinajstić information content (AvgIpc) is 3.28. The number of rotatable bonds is 4. The van der Waals surface area contributed by atoms with E-state index in [4.69, 9.17) is 5.73 Å². The van der Waals surface area contributed by atoms with Crippen LogP contribution in [0.1, 0.15) is 43.5 Å². The third-order valence-electron chi connectivity index (χ3n) is 4.13. The fraction of sp³-hybridized carbons (Fsp3) is 0.615.